The van der Waals surface area contributed by atoms with Crippen molar-refractivity contribution in [3.8, 4) is 0 Å². The summed E-state index contributed by atoms with van der Waals surface area (Å²) in [5.41, 5.74) is 15.3. The zero-order chi connectivity index (χ0) is 38.2. The van der Waals surface area contributed by atoms with Crippen LogP contribution in [0.15, 0.2) is 206 Å². The molecule has 2 bridgehead atoms. The average molecular weight is 741 g/mol. The Balaban J connectivity index is 1.31. The third-order valence-corrected chi connectivity index (χ3v) is 12.1. The van der Waals surface area contributed by atoms with Crippen LogP contribution >= 0.6 is 0 Å². The molecule has 0 aliphatic heterocycles. The molecule has 0 atom stereocenters. The van der Waals surface area contributed by atoms with E-state index in [2.05, 4.69) is 216 Å². The van der Waals surface area contributed by atoms with Gasteiger partial charge in [-0.15, -0.1) is 0 Å². The van der Waals surface area contributed by atoms with Crippen LogP contribution < -0.4 is 9.80 Å². The van der Waals surface area contributed by atoms with Crippen molar-refractivity contribution < 1.29 is 0 Å². The molecule has 0 spiro atoms. The number of hydrogen-bond donors (Lipinski definition) is 0. The van der Waals surface area contributed by atoms with Crippen LogP contribution in [0.2, 0.25) is 0 Å². The van der Waals surface area contributed by atoms with Gasteiger partial charge in [0.05, 0.1) is 34.6 Å². The molecule has 3 aliphatic rings. The van der Waals surface area contributed by atoms with Crippen molar-refractivity contribution in [1.82, 2.24) is 9.97 Å². The molecule has 9 aromatic carbocycles. The van der Waals surface area contributed by atoms with Gasteiger partial charge in [-0.1, -0.05) is 146 Å². The summed E-state index contributed by atoms with van der Waals surface area (Å²) in [4.78, 5) is 16.8. The van der Waals surface area contributed by atoms with Gasteiger partial charge in [-0.3, -0.25) is 0 Å². The van der Waals surface area contributed by atoms with Gasteiger partial charge in [-0.05, 0) is 93.7 Å². The smallest absolute Gasteiger partial charge is 0.116 e. The molecule has 1 heterocycles. The maximum Gasteiger partial charge on any atom is 0.116 e. The normalized spacial score (nSPS) is 14.9. The standard InChI is InChI=1S/C54H36N4/c1-5-21-37(22-6-1)57(38-23-7-2-8-24-38)53-45-33-35-19-13-14-20-36(35)34-46(45)54(58(39-25-9-3-10-26-39)40-27-11-4-12-28-40)52-51(53)55-49-47-41-29-15-17-31-43(41)48(50(49)56-52)44-32-18-16-30-42(44)47/h1-34,47-48H. The molecule has 10 aromatic rings. The topological polar surface area (TPSA) is 32.3 Å². The summed E-state index contributed by atoms with van der Waals surface area (Å²) in [7, 11) is 0. The van der Waals surface area contributed by atoms with Crippen molar-refractivity contribution in [2.24, 2.45) is 0 Å². The van der Waals surface area contributed by atoms with Crippen LogP contribution in [-0.4, -0.2) is 9.97 Å². The molecule has 4 heteroatoms. The van der Waals surface area contributed by atoms with Gasteiger partial charge in [0.25, 0.3) is 0 Å². The lowest BCUT2D eigenvalue weighted by Crippen LogP contribution is -2.30. The van der Waals surface area contributed by atoms with Gasteiger partial charge in [0.1, 0.15) is 11.0 Å². The molecule has 1 aromatic heterocycles. The van der Waals surface area contributed by atoms with Gasteiger partial charge >= 0.3 is 0 Å². The summed E-state index contributed by atoms with van der Waals surface area (Å²) in [6.07, 6.45) is 0. The highest BCUT2D eigenvalue weighted by molar-refractivity contribution is 6.23. The Morgan fingerprint density at radius 1 is 0.310 bits per heavy atom. The Morgan fingerprint density at radius 3 is 0.897 bits per heavy atom. The SMILES string of the molecule is c1ccc(N(c2ccccc2)c2c3cc4ccccc4cc3c(N(c3ccccc3)c3ccccc3)c3nc4c(nc23)C2c3ccccc3C4c3ccccc32)cc1. The minimum absolute atomic E-state index is 0.0332. The van der Waals surface area contributed by atoms with Crippen molar-refractivity contribution >= 4 is 66.7 Å². The maximum absolute atomic E-state index is 6.00. The molecular weight excluding hydrogens is 705 g/mol. The Bertz CT molecular complexity index is 2840. The van der Waals surface area contributed by atoms with Gasteiger partial charge in [0, 0.05) is 33.5 Å². The van der Waals surface area contributed by atoms with Gasteiger partial charge in [0.15, 0.2) is 0 Å². The minimum Gasteiger partial charge on any atom is -0.308 e. The van der Waals surface area contributed by atoms with E-state index in [-0.39, 0.29) is 11.8 Å². The first-order valence-electron chi connectivity index (χ1n) is 20.0. The molecule has 58 heavy (non-hydrogen) atoms. The lowest BCUT2D eigenvalue weighted by Gasteiger charge is -2.41. The summed E-state index contributed by atoms with van der Waals surface area (Å²) in [5, 5.41) is 4.53. The van der Waals surface area contributed by atoms with E-state index in [0.717, 1.165) is 67.3 Å². The minimum atomic E-state index is -0.0332. The molecule has 0 saturated heterocycles. The quantitative estimate of drug-likeness (QED) is 0.126. The molecule has 0 fully saturated rings. The molecule has 3 aliphatic carbocycles. The highest BCUT2D eigenvalue weighted by atomic mass is 15.2. The monoisotopic (exact) mass is 740 g/mol. The van der Waals surface area contributed by atoms with E-state index in [4.69, 9.17) is 9.97 Å². The molecule has 0 amide bonds. The third-order valence-electron chi connectivity index (χ3n) is 12.1. The Labute approximate surface area is 336 Å². The molecule has 0 radical (unpaired) electrons. The van der Waals surface area contributed by atoms with Crippen LogP contribution in [0, 0.1) is 0 Å². The van der Waals surface area contributed by atoms with Crippen LogP contribution in [0.5, 0.6) is 0 Å². The third kappa shape index (κ3) is 4.88. The second-order valence-corrected chi connectivity index (χ2v) is 15.3. The largest absolute Gasteiger partial charge is 0.308 e. The Kier molecular flexibility index (Phi) is 7.32. The van der Waals surface area contributed by atoms with Gasteiger partial charge in [-0.25, -0.2) is 9.97 Å². The van der Waals surface area contributed by atoms with Crippen molar-refractivity contribution in [2.45, 2.75) is 11.8 Å². The number of hydrogen-bond acceptors (Lipinski definition) is 4. The first-order valence-corrected chi connectivity index (χ1v) is 20.0. The van der Waals surface area contributed by atoms with Crippen molar-refractivity contribution in [3.63, 3.8) is 0 Å². The van der Waals surface area contributed by atoms with Gasteiger partial charge in [-0.2, -0.15) is 0 Å². The van der Waals surface area contributed by atoms with Crippen LogP contribution in [0.4, 0.5) is 34.1 Å². The van der Waals surface area contributed by atoms with Crippen molar-refractivity contribution in [3.05, 3.63) is 240 Å². The van der Waals surface area contributed by atoms with Crippen LogP contribution in [0.1, 0.15) is 45.5 Å². The lowest BCUT2D eigenvalue weighted by atomic mass is 9.64. The second-order valence-electron chi connectivity index (χ2n) is 15.3. The average Bonchev–Trinajstić information content (AvgIpc) is 3.30. The number of para-hydroxylation sites is 4. The molecule has 272 valence electrons. The highest BCUT2D eigenvalue weighted by Gasteiger charge is 2.44. The fourth-order valence-electron chi connectivity index (χ4n) is 9.68. The number of aromatic nitrogens is 2. The van der Waals surface area contributed by atoms with Gasteiger partial charge < -0.3 is 9.80 Å². The fourth-order valence-corrected chi connectivity index (χ4v) is 9.68. The molecule has 0 saturated carbocycles. The molecule has 0 N–H and O–H groups in total. The van der Waals surface area contributed by atoms with Crippen LogP contribution in [0.25, 0.3) is 32.6 Å². The van der Waals surface area contributed by atoms with E-state index < -0.39 is 0 Å². The van der Waals surface area contributed by atoms with E-state index in [0.29, 0.717) is 0 Å². The van der Waals surface area contributed by atoms with E-state index in [1.54, 1.807) is 0 Å². The van der Waals surface area contributed by atoms with E-state index in [1.165, 1.54) is 33.0 Å². The summed E-state index contributed by atoms with van der Waals surface area (Å²) < 4.78 is 0. The number of rotatable bonds is 6. The highest BCUT2D eigenvalue weighted by Crippen LogP contribution is 2.57. The summed E-state index contributed by atoms with van der Waals surface area (Å²) in [6, 6.07) is 74.1. The van der Waals surface area contributed by atoms with E-state index >= 15 is 0 Å². The first kappa shape index (κ1) is 32.7. The van der Waals surface area contributed by atoms with Crippen LogP contribution in [0.3, 0.4) is 0 Å². The maximum atomic E-state index is 6.00. The molecule has 13 rings (SSSR count). The van der Waals surface area contributed by atoms with E-state index in [1.807, 2.05) is 0 Å². The first-order chi connectivity index (χ1) is 28.8. The zero-order valence-electron chi connectivity index (χ0n) is 31.6. The predicted molar refractivity (Wildman–Crippen MR) is 239 cm³/mol. The van der Waals surface area contributed by atoms with Crippen molar-refractivity contribution in [1.29, 1.82) is 0 Å². The summed E-state index contributed by atoms with van der Waals surface area (Å²) in [5.74, 6) is -0.0664. The van der Waals surface area contributed by atoms with Gasteiger partial charge in [0.2, 0.25) is 0 Å². The summed E-state index contributed by atoms with van der Waals surface area (Å²) >= 11 is 0. The Hall–Kier alpha value is -7.56. The zero-order valence-corrected chi connectivity index (χ0v) is 31.6. The number of fused-ring (bicyclic) bond motifs is 3. The lowest BCUT2D eigenvalue weighted by molar-refractivity contribution is 0.709. The van der Waals surface area contributed by atoms with Crippen LogP contribution in [-0.2, 0) is 0 Å². The Morgan fingerprint density at radius 2 is 0.586 bits per heavy atom. The predicted octanol–water partition coefficient (Wildman–Crippen LogP) is 13.9. The summed E-state index contributed by atoms with van der Waals surface area (Å²) in [6.45, 7) is 0. The molecule has 0 unspecified atom stereocenters. The second kappa shape index (κ2) is 13.0. The molecule has 4 nitrogen and oxygen atoms in total. The number of benzene rings is 9. The number of anilines is 6. The van der Waals surface area contributed by atoms with E-state index in [9.17, 15) is 0 Å². The fraction of sp³-hybridized carbons (Fsp3) is 0.0370. The molecular formula is C54H36N4. The number of nitrogens with zero attached hydrogens (tertiary/aromatic N) is 4. The van der Waals surface area contributed by atoms with Crippen molar-refractivity contribution in [2.75, 3.05) is 9.80 Å².